The predicted octanol–water partition coefficient (Wildman–Crippen LogP) is 3.17. The van der Waals surface area contributed by atoms with Crippen LogP contribution in [0.15, 0.2) is 78.2 Å². The summed E-state index contributed by atoms with van der Waals surface area (Å²) in [6.07, 6.45) is 8.81. The highest BCUT2D eigenvalue weighted by molar-refractivity contribution is 5.82. The van der Waals surface area contributed by atoms with Crippen molar-refractivity contribution in [2.24, 2.45) is 7.05 Å². The Morgan fingerprint density at radius 2 is 1.85 bits per heavy atom. The molecule has 0 unspecified atom stereocenters. The SMILES string of the molecule is Cn1cc(-c2cnn(-c3ccccc3C#N)c2)c(-c2cccnc2)cc1=O. The fraction of sp³-hybridized carbons (Fsp3) is 0.0476. The van der Waals surface area contributed by atoms with E-state index in [9.17, 15) is 10.1 Å². The number of pyridine rings is 2. The lowest BCUT2D eigenvalue weighted by atomic mass is 9.99. The molecule has 0 bridgehead atoms. The molecular formula is C21H15N5O. The standard InChI is InChI=1S/C21H15N5O/c1-25-14-19(18(9-21(25)27)16-6-4-8-23-11-16)17-12-24-26(13-17)20-7-3-2-5-15(20)10-22/h2-9,11-14H,1H3. The molecule has 6 heteroatoms. The molecule has 0 saturated heterocycles. The largest absolute Gasteiger partial charge is 0.318 e. The average Bonchev–Trinajstić information content (AvgIpc) is 3.20. The minimum absolute atomic E-state index is 0.0974. The number of nitriles is 1. The van der Waals surface area contributed by atoms with Crippen molar-refractivity contribution in [3.8, 4) is 34.0 Å². The van der Waals surface area contributed by atoms with Crippen LogP contribution in [0.2, 0.25) is 0 Å². The van der Waals surface area contributed by atoms with Crippen LogP contribution in [0.4, 0.5) is 0 Å². The molecule has 0 aliphatic heterocycles. The molecule has 27 heavy (non-hydrogen) atoms. The molecule has 6 nitrogen and oxygen atoms in total. The van der Waals surface area contributed by atoms with Gasteiger partial charge in [0.05, 0.1) is 17.4 Å². The molecule has 0 radical (unpaired) electrons. The first kappa shape index (κ1) is 16.5. The van der Waals surface area contributed by atoms with E-state index in [0.717, 1.165) is 22.3 Å². The number of aryl methyl sites for hydroxylation is 1. The molecule has 4 aromatic rings. The highest BCUT2D eigenvalue weighted by Crippen LogP contribution is 2.30. The van der Waals surface area contributed by atoms with Crippen LogP contribution in [0.1, 0.15) is 5.56 Å². The smallest absolute Gasteiger partial charge is 0.250 e. The molecule has 0 aliphatic carbocycles. The first-order chi connectivity index (χ1) is 13.2. The molecule has 0 amide bonds. The van der Waals surface area contributed by atoms with Crippen molar-refractivity contribution in [3.63, 3.8) is 0 Å². The van der Waals surface area contributed by atoms with E-state index in [1.807, 2.05) is 36.5 Å². The van der Waals surface area contributed by atoms with Gasteiger partial charge in [0.1, 0.15) is 6.07 Å². The summed E-state index contributed by atoms with van der Waals surface area (Å²) in [5.74, 6) is 0. The van der Waals surface area contributed by atoms with E-state index in [1.165, 1.54) is 4.57 Å². The number of benzene rings is 1. The number of para-hydroxylation sites is 1. The fourth-order valence-corrected chi connectivity index (χ4v) is 2.98. The molecule has 3 heterocycles. The van der Waals surface area contributed by atoms with Gasteiger partial charge in [-0.1, -0.05) is 18.2 Å². The second-order valence-electron chi connectivity index (χ2n) is 6.09. The van der Waals surface area contributed by atoms with Crippen molar-refractivity contribution in [2.45, 2.75) is 0 Å². The Labute approximate surface area is 155 Å². The van der Waals surface area contributed by atoms with Crippen molar-refractivity contribution in [1.82, 2.24) is 19.3 Å². The summed E-state index contributed by atoms with van der Waals surface area (Å²) < 4.78 is 3.21. The third kappa shape index (κ3) is 3.02. The molecule has 0 spiro atoms. The van der Waals surface area contributed by atoms with Crippen LogP contribution in [0, 0.1) is 11.3 Å². The van der Waals surface area contributed by atoms with Crippen LogP contribution >= 0.6 is 0 Å². The molecule has 0 fully saturated rings. The number of aromatic nitrogens is 4. The maximum Gasteiger partial charge on any atom is 0.250 e. The molecule has 0 N–H and O–H groups in total. The van der Waals surface area contributed by atoms with E-state index in [0.29, 0.717) is 11.3 Å². The summed E-state index contributed by atoms with van der Waals surface area (Å²) in [4.78, 5) is 16.4. The Morgan fingerprint density at radius 3 is 2.63 bits per heavy atom. The van der Waals surface area contributed by atoms with E-state index >= 15 is 0 Å². The summed E-state index contributed by atoms with van der Waals surface area (Å²) >= 11 is 0. The number of rotatable bonds is 3. The van der Waals surface area contributed by atoms with E-state index in [2.05, 4.69) is 16.2 Å². The summed E-state index contributed by atoms with van der Waals surface area (Å²) in [6.45, 7) is 0. The number of hydrogen-bond donors (Lipinski definition) is 0. The van der Waals surface area contributed by atoms with Gasteiger partial charge in [-0.25, -0.2) is 4.68 Å². The van der Waals surface area contributed by atoms with Crippen LogP contribution < -0.4 is 5.56 Å². The monoisotopic (exact) mass is 353 g/mol. The zero-order chi connectivity index (χ0) is 18.8. The highest BCUT2D eigenvalue weighted by atomic mass is 16.1. The first-order valence-corrected chi connectivity index (χ1v) is 8.33. The van der Waals surface area contributed by atoms with Crippen molar-refractivity contribution < 1.29 is 0 Å². The lowest BCUT2D eigenvalue weighted by Crippen LogP contribution is -2.15. The minimum Gasteiger partial charge on any atom is -0.318 e. The van der Waals surface area contributed by atoms with Crippen LogP contribution in [-0.2, 0) is 7.05 Å². The fourth-order valence-electron chi connectivity index (χ4n) is 2.98. The van der Waals surface area contributed by atoms with Gasteiger partial charge in [-0.2, -0.15) is 10.4 Å². The average molecular weight is 353 g/mol. The zero-order valence-electron chi connectivity index (χ0n) is 14.6. The van der Waals surface area contributed by atoms with Gasteiger partial charge in [0.25, 0.3) is 5.56 Å². The van der Waals surface area contributed by atoms with E-state index in [4.69, 9.17) is 0 Å². The van der Waals surface area contributed by atoms with Gasteiger partial charge in [-0.15, -0.1) is 0 Å². The van der Waals surface area contributed by atoms with Gasteiger partial charge in [-0.05, 0) is 23.8 Å². The predicted molar refractivity (Wildman–Crippen MR) is 102 cm³/mol. The summed E-state index contributed by atoms with van der Waals surface area (Å²) in [5, 5.41) is 13.7. The third-order valence-corrected chi connectivity index (χ3v) is 4.37. The van der Waals surface area contributed by atoms with Crippen molar-refractivity contribution in [3.05, 3.63) is 89.4 Å². The van der Waals surface area contributed by atoms with Crippen molar-refractivity contribution in [2.75, 3.05) is 0 Å². The van der Waals surface area contributed by atoms with Crippen LogP contribution in [0.25, 0.3) is 27.9 Å². The quantitative estimate of drug-likeness (QED) is 0.567. The van der Waals surface area contributed by atoms with Crippen molar-refractivity contribution >= 4 is 0 Å². The zero-order valence-corrected chi connectivity index (χ0v) is 14.6. The van der Waals surface area contributed by atoms with Gasteiger partial charge in [0.2, 0.25) is 0 Å². The van der Waals surface area contributed by atoms with Crippen LogP contribution in [0.3, 0.4) is 0 Å². The summed E-state index contributed by atoms with van der Waals surface area (Å²) in [7, 11) is 1.72. The van der Waals surface area contributed by atoms with E-state index in [1.54, 1.807) is 48.6 Å². The van der Waals surface area contributed by atoms with Gasteiger partial charge >= 0.3 is 0 Å². The summed E-state index contributed by atoms with van der Waals surface area (Å²) in [5.41, 5.74) is 4.51. The van der Waals surface area contributed by atoms with Gasteiger partial charge < -0.3 is 4.57 Å². The maximum absolute atomic E-state index is 12.2. The molecule has 4 rings (SSSR count). The molecule has 0 atom stereocenters. The first-order valence-electron chi connectivity index (χ1n) is 8.33. The number of nitrogens with zero attached hydrogens (tertiary/aromatic N) is 5. The second kappa shape index (κ2) is 6.73. The topological polar surface area (TPSA) is 76.5 Å². The third-order valence-electron chi connectivity index (χ3n) is 4.37. The normalized spacial score (nSPS) is 10.5. The molecule has 3 aromatic heterocycles. The molecule has 0 saturated carbocycles. The molecular weight excluding hydrogens is 338 g/mol. The van der Waals surface area contributed by atoms with Crippen LogP contribution in [-0.4, -0.2) is 19.3 Å². The van der Waals surface area contributed by atoms with E-state index < -0.39 is 0 Å². The Bertz CT molecular complexity index is 1220. The highest BCUT2D eigenvalue weighted by Gasteiger charge is 2.13. The van der Waals surface area contributed by atoms with Gasteiger partial charge in [0, 0.05) is 54.6 Å². The van der Waals surface area contributed by atoms with Gasteiger partial charge in [0.15, 0.2) is 0 Å². The number of hydrogen-bond acceptors (Lipinski definition) is 4. The van der Waals surface area contributed by atoms with Crippen molar-refractivity contribution in [1.29, 1.82) is 5.26 Å². The Morgan fingerprint density at radius 1 is 1.00 bits per heavy atom. The Kier molecular flexibility index (Phi) is 4.11. The molecule has 1 aromatic carbocycles. The van der Waals surface area contributed by atoms with Gasteiger partial charge in [-0.3, -0.25) is 9.78 Å². The van der Waals surface area contributed by atoms with E-state index in [-0.39, 0.29) is 5.56 Å². The lowest BCUT2D eigenvalue weighted by molar-refractivity contribution is 0.863. The molecule has 130 valence electrons. The summed E-state index contributed by atoms with van der Waals surface area (Å²) in [6, 6.07) is 14.8. The minimum atomic E-state index is -0.0974. The van der Waals surface area contributed by atoms with Crippen LogP contribution in [0.5, 0.6) is 0 Å². The molecule has 0 aliphatic rings. The lowest BCUT2D eigenvalue weighted by Gasteiger charge is -2.10. The Hall–Kier alpha value is -3.98. The Balaban J connectivity index is 1.88. The second-order valence-corrected chi connectivity index (χ2v) is 6.09. The maximum atomic E-state index is 12.2.